The molecule has 0 aliphatic carbocycles. The smallest absolute Gasteiger partial charge is 0.238 e. The lowest BCUT2D eigenvalue weighted by molar-refractivity contribution is -0.139. The average Bonchev–Trinajstić information content (AvgIpc) is 2.45. The van der Waals surface area contributed by atoms with Crippen LogP contribution < -0.4 is 4.90 Å². The van der Waals surface area contributed by atoms with Gasteiger partial charge in [0.2, 0.25) is 11.9 Å². The van der Waals surface area contributed by atoms with Crippen LogP contribution in [0.5, 0.6) is 0 Å². The Morgan fingerprint density at radius 1 is 1.30 bits per heavy atom. The fourth-order valence-corrected chi connectivity index (χ4v) is 3.43. The third kappa shape index (κ3) is 2.30. The molecule has 1 spiro atoms. The van der Waals surface area contributed by atoms with Crippen LogP contribution in [0.15, 0.2) is 18.5 Å². The molecular weight excluding hydrogens is 252 g/mol. The van der Waals surface area contributed by atoms with Crippen LogP contribution in [0, 0.1) is 11.3 Å². The second kappa shape index (κ2) is 5.13. The number of likely N-dealkylation sites (tertiary alicyclic amines) is 1. The zero-order valence-electron chi connectivity index (χ0n) is 12.2. The summed E-state index contributed by atoms with van der Waals surface area (Å²) in [5.41, 5.74) is -0.174. The molecular formula is C15H22N4O. The molecule has 3 rings (SSSR count). The summed E-state index contributed by atoms with van der Waals surface area (Å²) in [5.74, 6) is 1.40. The maximum absolute atomic E-state index is 12.6. The van der Waals surface area contributed by atoms with Crippen LogP contribution in [0.4, 0.5) is 5.95 Å². The Morgan fingerprint density at radius 2 is 2.05 bits per heavy atom. The fraction of sp³-hybridized carbons (Fsp3) is 0.667. The molecule has 108 valence electrons. The van der Waals surface area contributed by atoms with E-state index in [-0.39, 0.29) is 11.3 Å². The molecule has 3 heterocycles. The van der Waals surface area contributed by atoms with Gasteiger partial charge in [0, 0.05) is 32.0 Å². The fourth-order valence-electron chi connectivity index (χ4n) is 3.43. The Kier molecular flexibility index (Phi) is 3.46. The van der Waals surface area contributed by atoms with E-state index >= 15 is 0 Å². The quantitative estimate of drug-likeness (QED) is 0.785. The molecule has 2 saturated heterocycles. The van der Waals surface area contributed by atoms with E-state index in [1.165, 1.54) is 0 Å². The summed E-state index contributed by atoms with van der Waals surface area (Å²) < 4.78 is 0. The van der Waals surface area contributed by atoms with E-state index in [4.69, 9.17) is 0 Å². The number of carbonyl (C=O) groups is 1. The number of hydrogen-bond donors (Lipinski definition) is 0. The molecule has 0 N–H and O–H groups in total. The number of piperidine rings is 1. The molecule has 0 unspecified atom stereocenters. The van der Waals surface area contributed by atoms with Gasteiger partial charge in [-0.05, 0) is 31.4 Å². The van der Waals surface area contributed by atoms with E-state index in [0.717, 1.165) is 39.0 Å². The van der Waals surface area contributed by atoms with Gasteiger partial charge in [0.25, 0.3) is 0 Å². The summed E-state index contributed by atoms with van der Waals surface area (Å²) in [6.45, 7) is 8.33. The van der Waals surface area contributed by atoms with Crippen LogP contribution >= 0.6 is 0 Å². The normalized spacial score (nSPS) is 27.1. The van der Waals surface area contributed by atoms with Crippen LogP contribution in [-0.4, -0.2) is 47.0 Å². The minimum atomic E-state index is -0.174. The minimum Gasteiger partial charge on any atom is -0.302 e. The molecule has 0 saturated carbocycles. The largest absolute Gasteiger partial charge is 0.302 e. The zero-order chi connectivity index (χ0) is 14.2. The first kappa shape index (κ1) is 13.5. The van der Waals surface area contributed by atoms with Gasteiger partial charge in [-0.1, -0.05) is 13.8 Å². The van der Waals surface area contributed by atoms with Gasteiger partial charge in [-0.25, -0.2) is 9.97 Å². The van der Waals surface area contributed by atoms with Crippen molar-refractivity contribution in [1.82, 2.24) is 14.9 Å². The Morgan fingerprint density at radius 3 is 2.70 bits per heavy atom. The first-order chi connectivity index (χ1) is 9.61. The molecule has 2 aliphatic heterocycles. The molecule has 1 aromatic heterocycles. The SMILES string of the molecule is CC(C)CN1CCC[C@]2(C1)CN(c1ncccn1)C2=O. The van der Waals surface area contributed by atoms with Crippen LogP contribution in [0.2, 0.25) is 0 Å². The number of nitrogens with zero attached hydrogens (tertiary/aromatic N) is 4. The molecule has 0 bridgehead atoms. The van der Waals surface area contributed by atoms with Crippen LogP contribution in [0.1, 0.15) is 26.7 Å². The Hall–Kier alpha value is -1.49. The Bertz CT molecular complexity index is 490. The predicted molar refractivity (Wildman–Crippen MR) is 77.3 cm³/mol. The van der Waals surface area contributed by atoms with Crippen LogP contribution in [-0.2, 0) is 4.79 Å². The van der Waals surface area contributed by atoms with Crippen molar-refractivity contribution in [2.45, 2.75) is 26.7 Å². The van der Waals surface area contributed by atoms with Gasteiger partial charge in [-0.15, -0.1) is 0 Å². The zero-order valence-corrected chi connectivity index (χ0v) is 12.2. The molecule has 1 atom stereocenters. The van der Waals surface area contributed by atoms with E-state index in [0.29, 0.717) is 11.9 Å². The van der Waals surface area contributed by atoms with Crippen molar-refractivity contribution in [3.05, 3.63) is 18.5 Å². The van der Waals surface area contributed by atoms with Crippen molar-refractivity contribution in [3.63, 3.8) is 0 Å². The molecule has 20 heavy (non-hydrogen) atoms. The number of aromatic nitrogens is 2. The molecule has 0 radical (unpaired) electrons. The topological polar surface area (TPSA) is 49.3 Å². The molecule has 5 nitrogen and oxygen atoms in total. The van der Waals surface area contributed by atoms with E-state index in [2.05, 4.69) is 28.7 Å². The van der Waals surface area contributed by atoms with Crippen molar-refractivity contribution in [2.75, 3.05) is 31.1 Å². The summed E-state index contributed by atoms with van der Waals surface area (Å²) in [7, 11) is 0. The van der Waals surface area contributed by atoms with Crippen LogP contribution in [0.3, 0.4) is 0 Å². The summed E-state index contributed by atoms with van der Waals surface area (Å²) in [6.07, 6.45) is 5.49. The van der Waals surface area contributed by atoms with E-state index in [1.54, 1.807) is 23.4 Å². The highest BCUT2D eigenvalue weighted by Crippen LogP contribution is 2.41. The van der Waals surface area contributed by atoms with E-state index < -0.39 is 0 Å². The van der Waals surface area contributed by atoms with Gasteiger partial charge in [0.05, 0.1) is 5.41 Å². The third-order valence-corrected chi connectivity index (χ3v) is 4.23. The molecule has 1 amide bonds. The summed E-state index contributed by atoms with van der Waals surface area (Å²) in [5, 5.41) is 0. The highest BCUT2D eigenvalue weighted by molar-refractivity contribution is 6.03. The highest BCUT2D eigenvalue weighted by atomic mass is 16.2. The summed E-state index contributed by atoms with van der Waals surface area (Å²) >= 11 is 0. The second-order valence-corrected chi connectivity index (χ2v) is 6.45. The molecule has 2 aliphatic rings. The summed E-state index contributed by atoms with van der Waals surface area (Å²) in [4.78, 5) is 25.1. The molecule has 5 heteroatoms. The third-order valence-electron chi connectivity index (χ3n) is 4.23. The average molecular weight is 274 g/mol. The Balaban J connectivity index is 1.68. The number of anilines is 1. The van der Waals surface area contributed by atoms with Gasteiger partial charge < -0.3 is 4.90 Å². The predicted octanol–water partition coefficient (Wildman–Crippen LogP) is 1.56. The number of amides is 1. The summed E-state index contributed by atoms with van der Waals surface area (Å²) in [6, 6.07) is 1.77. The first-order valence-electron chi connectivity index (χ1n) is 7.42. The number of hydrogen-bond acceptors (Lipinski definition) is 4. The van der Waals surface area contributed by atoms with Gasteiger partial charge in [0.1, 0.15) is 0 Å². The lowest BCUT2D eigenvalue weighted by Crippen LogP contribution is -2.67. The molecule has 2 fully saturated rings. The van der Waals surface area contributed by atoms with Crippen molar-refractivity contribution in [1.29, 1.82) is 0 Å². The van der Waals surface area contributed by atoms with Gasteiger partial charge >= 0.3 is 0 Å². The lowest BCUT2D eigenvalue weighted by atomic mass is 9.72. The van der Waals surface area contributed by atoms with Gasteiger partial charge in [0.15, 0.2) is 0 Å². The van der Waals surface area contributed by atoms with Crippen LogP contribution in [0.25, 0.3) is 0 Å². The number of β-lactam (4-membered cyclic amide) rings is 1. The highest BCUT2D eigenvalue weighted by Gasteiger charge is 2.54. The second-order valence-electron chi connectivity index (χ2n) is 6.45. The van der Waals surface area contributed by atoms with E-state index in [9.17, 15) is 4.79 Å². The molecule has 0 aromatic carbocycles. The Labute approximate surface area is 120 Å². The number of rotatable bonds is 3. The maximum atomic E-state index is 12.6. The lowest BCUT2D eigenvalue weighted by Gasteiger charge is -2.52. The molecule has 1 aromatic rings. The number of carbonyl (C=O) groups excluding carboxylic acids is 1. The van der Waals surface area contributed by atoms with Gasteiger partial charge in [-0.3, -0.25) is 9.69 Å². The maximum Gasteiger partial charge on any atom is 0.238 e. The monoisotopic (exact) mass is 274 g/mol. The standard InChI is InChI=1S/C15H22N4O/c1-12(2)9-18-8-3-5-15(10-18)11-19(13(15)20)14-16-6-4-7-17-14/h4,6-7,12H,3,5,8-11H2,1-2H3/t15-/m0/s1. The van der Waals surface area contributed by atoms with E-state index in [1.807, 2.05) is 0 Å². The van der Waals surface area contributed by atoms with Crippen molar-refractivity contribution < 1.29 is 4.79 Å². The van der Waals surface area contributed by atoms with Crippen molar-refractivity contribution >= 4 is 11.9 Å². The minimum absolute atomic E-state index is 0.174. The van der Waals surface area contributed by atoms with Crippen molar-refractivity contribution in [2.24, 2.45) is 11.3 Å². The van der Waals surface area contributed by atoms with Gasteiger partial charge in [-0.2, -0.15) is 0 Å². The first-order valence-corrected chi connectivity index (χ1v) is 7.42. The van der Waals surface area contributed by atoms with Crippen molar-refractivity contribution in [3.8, 4) is 0 Å².